The van der Waals surface area contributed by atoms with Crippen molar-refractivity contribution in [2.75, 3.05) is 14.1 Å². The highest BCUT2D eigenvalue weighted by atomic mass is 35.7. The van der Waals surface area contributed by atoms with Crippen LogP contribution in [0.4, 0.5) is 0 Å². The predicted octanol–water partition coefficient (Wildman–Crippen LogP) is 2.45. The predicted molar refractivity (Wildman–Crippen MR) is 70.7 cm³/mol. The van der Waals surface area contributed by atoms with E-state index in [2.05, 4.69) is 19.0 Å². The molecule has 4 unspecified atom stereocenters. The van der Waals surface area contributed by atoms with Crippen LogP contribution >= 0.6 is 10.7 Å². The van der Waals surface area contributed by atoms with Crippen molar-refractivity contribution in [2.45, 2.75) is 49.8 Å². The molecule has 0 aromatic heterocycles. The lowest BCUT2D eigenvalue weighted by atomic mass is 9.68. The summed E-state index contributed by atoms with van der Waals surface area (Å²) in [6.07, 6.45) is 6.29. The molecule has 0 saturated heterocycles. The summed E-state index contributed by atoms with van der Waals surface area (Å²) < 4.78 is 23.3. The highest BCUT2D eigenvalue weighted by Crippen LogP contribution is 2.45. The molecule has 2 aliphatic rings. The van der Waals surface area contributed by atoms with E-state index in [-0.39, 0.29) is 11.2 Å². The van der Waals surface area contributed by atoms with Gasteiger partial charge in [-0.3, -0.25) is 0 Å². The van der Waals surface area contributed by atoms with Crippen molar-refractivity contribution in [1.29, 1.82) is 0 Å². The van der Waals surface area contributed by atoms with Crippen molar-refractivity contribution >= 4 is 19.7 Å². The summed E-state index contributed by atoms with van der Waals surface area (Å²) in [4.78, 5) is 2.26. The van der Waals surface area contributed by atoms with Crippen molar-refractivity contribution in [1.82, 2.24) is 4.90 Å². The van der Waals surface area contributed by atoms with Crippen molar-refractivity contribution in [3.8, 4) is 0 Å². The summed E-state index contributed by atoms with van der Waals surface area (Å²) in [5, 5.41) is -0.300. The Hall–Kier alpha value is 0.200. The Bertz CT molecular complexity index is 369. The highest BCUT2D eigenvalue weighted by Gasteiger charge is 2.45. The Balaban J connectivity index is 2.21. The first-order valence-corrected chi connectivity index (χ1v) is 8.88. The minimum absolute atomic E-state index is 0.285. The molecule has 5 heteroatoms. The van der Waals surface area contributed by atoms with E-state index in [0.29, 0.717) is 12.0 Å². The molecule has 0 amide bonds. The maximum absolute atomic E-state index is 11.7. The van der Waals surface area contributed by atoms with Crippen LogP contribution in [0.5, 0.6) is 0 Å². The van der Waals surface area contributed by atoms with Gasteiger partial charge in [-0.1, -0.05) is 12.8 Å². The number of fused-ring (bicyclic) bond motifs is 1. The second-order valence-corrected chi connectivity index (χ2v) is 8.58. The van der Waals surface area contributed by atoms with E-state index in [1.165, 1.54) is 6.42 Å². The highest BCUT2D eigenvalue weighted by molar-refractivity contribution is 8.14. The molecule has 17 heavy (non-hydrogen) atoms. The molecule has 2 aliphatic carbocycles. The lowest BCUT2D eigenvalue weighted by molar-refractivity contribution is 0.0720. The summed E-state index contributed by atoms with van der Waals surface area (Å²) in [6, 6.07) is 0.537. The molecule has 0 spiro atoms. The van der Waals surface area contributed by atoms with Crippen LogP contribution in [0.2, 0.25) is 0 Å². The molecule has 0 heterocycles. The molecule has 0 aromatic carbocycles. The Morgan fingerprint density at radius 2 is 1.59 bits per heavy atom. The largest absolute Gasteiger partial charge is 0.306 e. The van der Waals surface area contributed by atoms with Crippen LogP contribution in [0.15, 0.2) is 0 Å². The van der Waals surface area contributed by atoms with Crippen LogP contribution in [-0.4, -0.2) is 38.7 Å². The zero-order valence-corrected chi connectivity index (χ0v) is 12.2. The van der Waals surface area contributed by atoms with Gasteiger partial charge in [0.25, 0.3) is 0 Å². The first-order valence-electron chi connectivity index (χ1n) is 6.51. The topological polar surface area (TPSA) is 37.4 Å². The molecule has 0 aromatic rings. The van der Waals surface area contributed by atoms with Gasteiger partial charge in [-0.05, 0) is 51.6 Å². The molecule has 2 fully saturated rings. The maximum atomic E-state index is 11.7. The second kappa shape index (κ2) is 5.06. The van der Waals surface area contributed by atoms with E-state index < -0.39 is 9.05 Å². The first-order chi connectivity index (χ1) is 7.91. The van der Waals surface area contributed by atoms with Crippen molar-refractivity contribution in [3.05, 3.63) is 0 Å². The minimum atomic E-state index is -3.39. The third kappa shape index (κ3) is 2.79. The molecular formula is C12H22ClNO2S. The standard InChI is InChI=1S/C12H22ClNO2S/c1-14(2)11-7-3-6-10-9(11)5-4-8-12(10)17(13,15)16/h9-12H,3-8H2,1-2H3. The summed E-state index contributed by atoms with van der Waals surface area (Å²) in [5.74, 6) is 0.804. The minimum Gasteiger partial charge on any atom is -0.306 e. The van der Waals surface area contributed by atoms with Crippen molar-refractivity contribution < 1.29 is 8.42 Å². The van der Waals surface area contributed by atoms with E-state index in [1.807, 2.05) is 0 Å². The van der Waals surface area contributed by atoms with Crippen LogP contribution in [0.3, 0.4) is 0 Å². The molecule has 100 valence electrons. The average molecular weight is 280 g/mol. The smallest absolute Gasteiger partial charge is 0.235 e. The maximum Gasteiger partial charge on any atom is 0.235 e. The van der Waals surface area contributed by atoms with Crippen molar-refractivity contribution in [3.63, 3.8) is 0 Å². The van der Waals surface area contributed by atoms with E-state index in [1.54, 1.807) is 0 Å². The number of rotatable bonds is 2. The molecule has 0 N–H and O–H groups in total. The zero-order chi connectivity index (χ0) is 12.6. The molecular weight excluding hydrogens is 258 g/mol. The van der Waals surface area contributed by atoms with Gasteiger partial charge in [-0.25, -0.2) is 8.42 Å². The third-order valence-corrected chi connectivity index (χ3v) is 6.61. The van der Waals surface area contributed by atoms with Gasteiger partial charge in [0.1, 0.15) is 0 Å². The van der Waals surface area contributed by atoms with E-state index in [9.17, 15) is 8.42 Å². The molecule has 2 saturated carbocycles. The summed E-state index contributed by atoms with van der Waals surface area (Å²) in [7, 11) is 6.43. The number of nitrogens with zero attached hydrogens (tertiary/aromatic N) is 1. The summed E-state index contributed by atoms with van der Waals surface area (Å²) in [5.41, 5.74) is 0. The Labute approximate surface area is 109 Å². The monoisotopic (exact) mass is 279 g/mol. The average Bonchev–Trinajstić information content (AvgIpc) is 2.26. The van der Waals surface area contributed by atoms with Gasteiger partial charge < -0.3 is 4.90 Å². The normalized spacial score (nSPS) is 39.1. The summed E-state index contributed by atoms with van der Waals surface area (Å²) >= 11 is 0. The molecule has 3 nitrogen and oxygen atoms in total. The van der Waals surface area contributed by atoms with Gasteiger partial charge in [0.2, 0.25) is 9.05 Å². The summed E-state index contributed by atoms with van der Waals surface area (Å²) in [6.45, 7) is 0. The van der Waals surface area contributed by atoms with Crippen molar-refractivity contribution in [2.24, 2.45) is 11.8 Å². The lowest BCUT2D eigenvalue weighted by Crippen LogP contribution is -2.48. The zero-order valence-electron chi connectivity index (χ0n) is 10.6. The Morgan fingerprint density at radius 3 is 2.18 bits per heavy atom. The molecule has 0 bridgehead atoms. The van der Waals surface area contributed by atoms with Crippen LogP contribution < -0.4 is 0 Å². The number of hydrogen-bond acceptors (Lipinski definition) is 3. The van der Waals surface area contributed by atoms with Crippen LogP contribution in [0.1, 0.15) is 38.5 Å². The van der Waals surface area contributed by atoms with Gasteiger partial charge in [-0.2, -0.15) is 0 Å². The fourth-order valence-corrected chi connectivity index (χ4v) is 5.77. The number of halogens is 1. The van der Waals surface area contributed by atoms with Gasteiger partial charge in [0, 0.05) is 16.7 Å². The van der Waals surface area contributed by atoms with Crippen LogP contribution in [0, 0.1) is 11.8 Å². The Morgan fingerprint density at radius 1 is 1.00 bits per heavy atom. The van der Waals surface area contributed by atoms with Gasteiger partial charge in [0.05, 0.1) is 5.25 Å². The lowest BCUT2D eigenvalue weighted by Gasteiger charge is -2.46. The van der Waals surface area contributed by atoms with Crippen LogP contribution in [0.25, 0.3) is 0 Å². The quantitative estimate of drug-likeness (QED) is 0.729. The van der Waals surface area contributed by atoms with Gasteiger partial charge in [0.15, 0.2) is 0 Å². The third-order valence-electron chi connectivity index (χ3n) is 4.61. The van der Waals surface area contributed by atoms with E-state index in [0.717, 1.165) is 32.1 Å². The van der Waals surface area contributed by atoms with Crippen LogP contribution in [-0.2, 0) is 9.05 Å². The molecule has 0 aliphatic heterocycles. The Kier molecular flexibility index (Phi) is 4.06. The molecule has 2 rings (SSSR count). The van der Waals surface area contributed by atoms with Gasteiger partial charge in [-0.15, -0.1) is 0 Å². The first kappa shape index (κ1) is 13.6. The van der Waals surface area contributed by atoms with Gasteiger partial charge >= 0.3 is 0 Å². The van der Waals surface area contributed by atoms with E-state index >= 15 is 0 Å². The fraction of sp³-hybridized carbons (Fsp3) is 1.00. The molecule has 0 radical (unpaired) electrons. The second-order valence-electron chi connectivity index (χ2n) is 5.73. The van der Waals surface area contributed by atoms with E-state index in [4.69, 9.17) is 10.7 Å². The number of hydrogen-bond donors (Lipinski definition) is 0. The SMILES string of the molecule is CN(C)C1CCCC2C1CCCC2S(=O)(=O)Cl. The molecule has 4 atom stereocenters. The fourth-order valence-electron chi connectivity index (χ4n) is 3.90.